The molecular formula is C20H12F13NO3. The molecule has 0 aliphatic heterocycles. The van der Waals surface area contributed by atoms with E-state index in [2.05, 4.69) is 0 Å². The number of carbonyl (C=O) groups excluding carboxylic acids is 1. The minimum atomic E-state index is -7.52. The molecule has 0 aliphatic rings. The number of hydrogen-bond donors (Lipinski definition) is 1. The zero-order valence-electron chi connectivity index (χ0n) is 17.8. The lowest BCUT2D eigenvalue weighted by atomic mass is 10.1. The van der Waals surface area contributed by atoms with Crippen molar-refractivity contribution >= 4 is 11.6 Å². The Morgan fingerprint density at radius 3 is 1.78 bits per heavy atom. The predicted octanol–water partition coefficient (Wildman–Crippen LogP) is 7.31. The highest BCUT2D eigenvalue weighted by Crippen LogP contribution is 2.54. The van der Waals surface area contributed by atoms with Crippen LogP contribution in [0.5, 0.6) is 0 Å². The van der Waals surface area contributed by atoms with E-state index in [1.807, 2.05) is 10.1 Å². The molecule has 0 spiro atoms. The van der Waals surface area contributed by atoms with Crippen LogP contribution >= 0.6 is 0 Å². The number of alkyl halides is 13. The summed E-state index contributed by atoms with van der Waals surface area (Å²) in [5.41, 5.74) is -1.98. The number of benzene rings is 2. The van der Waals surface area contributed by atoms with E-state index in [4.69, 9.17) is 0 Å². The third-order valence-electron chi connectivity index (χ3n) is 4.36. The SMILES string of the molecule is Cc1cccc(C(=O)Nc2cccc(C(F)(F)C(F)(F)OC(F)(F)C(F)(F)C(F)(F)OC(F)(F)F)c2)c1. The van der Waals surface area contributed by atoms with Gasteiger partial charge in [-0.1, -0.05) is 29.8 Å². The van der Waals surface area contributed by atoms with Crippen molar-refractivity contribution in [3.05, 3.63) is 65.2 Å². The van der Waals surface area contributed by atoms with E-state index in [1.165, 1.54) is 18.2 Å². The maximum atomic E-state index is 14.3. The van der Waals surface area contributed by atoms with E-state index in [0.717, 1.165) is 6.07 Å². The first-order chi connectivity index (χ1) is 16.5. The standard InChI is InChI=1S/C20H12F13NO3/c1-10-4-2-5-11(8-10)14(35)34-13-7-3-6-12(9-13)15(21,22)17(25,26)36-18(27,28)16(23,24)19(29,30)37-20(31,32)33/h2-9H,1H3,(H,34,35). The molecule has 1 N–H and O–H groups in total. The summed E-state index contributed by atoms with van der Waals surface area (Å²) in [5, 5.41) is 2.02. The average Bonchev–Trinajstić information content (AvgIpc) is 2.71. The van der Waals surface area contributed by atoms with E-state index in [-0.39, 0.29) is 17.7 Å². The summed E-state index contributed by atoms with van der Waals surface area (Å²) in [6.07, 6.45) is -27.9. The molecule has 206 valence electrons. The van der Waals surface area contributed by atoms with Gasteiger partial charge < -0.3 is 5.32 Å². The molecule has 0 aromatic heterocycles. The van der Waals surface area contributed by atoms with Gasteiger partial charge in [0.25, 0.3) is 5.91 Å². The lowest BCUT2D eigenvalue weighted by Gasteiger charge is -2.35. The molecule has 0 saturated heterocycles. The van der Waals surface area contributed by atoms with Crippen LogP contribution in [0.25, 0.3) is 0 Å². The fraction of sp³-hybridized carbons (Fsp3) is 0.350. The van der Waals surface area contributed by atoms with Crippen LogP contribution in [0.4, 0.5) is 62.8 Å². The maximum absolute atomic E-state index is 14.3. The monoisotopic (exact) mass is 561 g/mol. The zero-order valence-corrected chi connectivity index (χ0v) is 17.8. The number of aryl methyl sites for hydroxylation is 1. The average molecular weight is 561 g/mol. The van der Waals surface area contributed by atoms with Crippen molar-refractivity contribution in [2.45, 2.75) is 43.5 Å². The first kappa shape index (κ1) is 30.1. The van der Waals surface area contributed by atoms with Crippen LogP contribution in [-0.2, 0) is 15.4 Å². The molecule has 2 aromatic carbocycles. The lowest BCUT2D eigenvalue weighted by molar-refractivity contribution is -0.535. The minimum absolute atomic E-state index is 0.0188. The molecule has 0 bridgehead atoms. The van der Waals surface area contributed by atoms with Crippen LogP contribution in [-0.4, -0.2) is 36.5 Å². The summed E-state index contributed by atoms with van der Waals surface area (Å²) in [6.45, 7) is 1.59. The van der Waals surface area contributed by atoms with E-state index in [0.29, 0.717) is 11.6 Å². The highest BCUT2D eigenvalue weighted by atomic mass is 19.4. The van der Waals surface area contributed by atoms with Crippen LogP contribution in [0.3, 0.4) is 0 Å². The number of nitrogens with one attached hydrogen (secondary N) is 1. The number of hydrogen-bond acceptors (Lipinski definition) is 3. The second kappa shape index (κ2) is 9.66. The molecule has 0 atom stereocenters. The third-order valence-corrected chi connectivity index (χ3v) is 4.36. The number of amides is 1. The van der Waals surface area contributed by atoms with Crippen molar-refractivity contribution in [3.8, 4) is 0 Å². The van der Waals surface area contributed by atoms with Gasteiger partial charge in [-0.15, -0.1) is 13.2 Å². The minimum Gasteiger partial charge on any atom is -0.322 e. The molecule has 17 heteroatoms. The normalized spacial score (nSPS) is 14.0. The number of carbonyl (C=O) groups is 1. The van der Waals surface area contributed by atoms with Crippen molar-refractivity contribution < 1.29 is 71.3 Å². The van der Waals surface area contributed by atoms with E-state index in [9.17, 15) is 61.9 Å². The highest BCUT2D eigenvalue weighted by molar-refractivity contribution is 6.04. The molecule has 2 rings (SSSR count). The molecule has 0 aliphatic carbocycles. The maximum Gasteiger partial charge on any atom is 0.527 e. The van der Waals surface area contributed by atoms with Crippen LogP contribution in [0.1, 0.15) is 21.5 Å². The molecule has 4 nitrogen and oxygen atoms in total. The van der Waals surface area contributed by atoms with Gasteiger partial charge in [0.05, 0.1) is 0 Å². The predicted molar refractivity (Wildman–Crippen MR) is 97.5 cm³/mol. The highest BCUT2D eigenvalue weighted by Gasteiger charge is 2.80. The molecule has 0 radical (unpaired) electrons. The summed E-state index contributed by atoms with van der Waals surface area (Å²) in [7, 11) is 0. The van der Waals surface area contributed by atoms with Gasteiger partial charge in [0.1, 0.15) is 0 Å². The van der Waals surface area contributed by atoms with Gasteiger partial charge in [0.15, 0.2) is 0 Å². The summed E-state index contributed by atoms with van der Waals surface area (Å²) >= 11 is 0. The summed E-state index contributed by atoms with van der Waals surface area (Å²) in [6, 6.07) is 7.38. The van der Waals surface area contributed by atoms with Crippen molar-refractivity contribution in [2.75, 3.05) is 5.32 Å². The Kier molecular flexibility index (Phi) is 7.87. The van der Waals surface area contributed by atoms with Crippen molar-refractivity contribution in [1.82, 2.24) is 0 Å². The fourth-order valence-electron chi connectivity index (χ4n) is 2.62. The van der Waals surface area contributed by atoms with Crippen LogP contribution in [0, 0.1) is 6.92 Å². The first-order valence-corrected chi connectivity index (χ1v) is 9.37. The van der Waals surface area contributed by atoms with Gasteiger partial charge >= 0.3 is 36.5 Å². The number of halogens is 13. The van der Waals surface area contributed by atoms with Gasteiger partial charge in [0.2, 0.25) is 0 Å². The molecular weight excluding hydrogens is 549 g/mol. The number of anilines is 1. The van der Waals surface area contributed by atoms with E-state index < -0.39 is 53.7 Å². The molecule has 0 unspecified atom stereocenters. The van der Waals surface area contributed by atoms with Crippen molar-refractivity contribution in [2.24, 2.45) is 0 Å². The number of ether oxygens (including phenoxy) is 2. The second-order valence-electron chi connectivity index (χ2n) is 7.25. The van der Waals surface area contributed by atoms with Gasteiger partial charge in [-0.2, -0.15) is 43.9 Å². The molecule has 1 amide bonds. The Morgan fingerprint density at radius 2 is 1.24 bits per heavy atom. The summed E-state index contributed by atoms with van der Waals surface area (Å²) < 4.78 is 176. The smallest absolute Gasteiger partial charge is 0.322 e. The molecule has 2 aromatic rings. The molecule has 0 heterocycles. The number of rotatable bonds is 9. The first-order valence-electron chi connectivity index (χ1n) is 9.37. The zero-order chi connectivity index (χ0) is 28.7. The van der Waals surface area contributed by atoms with Crippen molar-refractivity contribution in [3.63, 3.8) is 0 Å². The van der Waals surface area contributed by atoms with Gasteiger partial charge in [0, 0.05) is 16.8 Å². The molecule has 0 fully saturated rings. The van der Waals surface area contributed by atoms with E-state index in [1.54, 1.807) is 17.7 Å². The lowest BCUT2D eigenvalue weighted by Crippen LogP contribution is -2.61. The Bertz CT molecular complexity index is 1130. The van der Waals surface area contributed by atoms with Crippen LogP contribution < -0.4 is 5.32 Å². The van der Waals surface area contributed by atoms with Crippen molar-refractivity contribution in [1.29, 1.82) is 0 Å². The summed E-state index contributed by atoms with van der Waals surface area (Å²) in [5.74, 6) is -14.4. The quantitative estimate of drug-likeness (QED) is 0.327. The molecule has 0 saturated carbocycles. The van der Waals surface area contributed by atoms with E-state index >= 15 is 0 Å². The van der Waals surface area contributed by atoms with Gasteiger partial charge in [-0.05, 0) is 31.2 Å². The fourth-order valence-corrected chi connectivity index (χ4v) is 2.62. The van der Waals surface area contributed by atoms with Gasteiger partial charge in [-0.3, -0.25) is 4.79 Å². The Morgan fingerprint density at radius 1 is 0.703 bits per heavy atom. The Hall–Kier alpha value is -3.08. The topological polar surface area (TPSA) is 47.6 Å². The Balaban J connectivity index is 2.33. The molecule has 37 heavy (non-hydrogen) atoms. The van der Waals surface area contributed by atoms with Gasteiger partial charge in [-0.25, -0.2) is 9.47 Å². The van der Waals surface area contributed by atoms with Crippen LogP contribution in [0.15, 0.2) is 48.5 Å². The third kappa shape index (κ3) is 6.44. The van der Waals surface area contributed by atoms with Crippen LogP contribution in [0.2, 0.25) is 0 Å². The largest absolute Gasteiger partial charge is 0.527 e. The Labute approximate surface area is 197 Å². The summed E-state index contributed by atoms with van der Waals surface area (Å²) in [4.78, 5) is 12.2. The second-order valence-corrected chi connectivity index (χ2v) is 7.25.